The molecule has 68 heavy (non-hydrogen) atoms. The van der Waals surface area contributed by atoms with Gasteiger partial charge in [0.25, 0.3) is 0 Å². The molecule has 2 heteroatoms. The Hall–Kier alpha value is -8.98. The summed E-state index contributed by atoms with van der Waals surface area (Å²) in [5.74, 6) is 0. The van der Waals surface area contributed by atoms with Gasteiger partial charge in [0.15, 0.2) is 0 Å². The summed E-state index contributed by atoms with van der Waals surface area (Å²) in [7, 11) is 0. The van der Waals surface area contributed by atoms with E-state index in [1.54, 1.807) is 0 Å². The van der Waals surface area contributed by atoms with E-state index in [1.807, 2.05) is 0 Å². The van der Waals surface area contributed by atoms with Gasteiger partial charge in [-0.15, -0.1) is 0 Å². The number of rotatable bonds is 8. The molecule has 13 rings (SSSR count). The number of hydrogen-bond acceptors (Lipinski definition) is 1. The monoisotopic (exact) mass is 864 g/mol. The molecule has 318 valence electrons. The summed E-state index contributed by atoms with van der Waals surface area (Å²) in [6.07, 6.45) is 0. The molecule has 0 saturated heterocycles. The van der Waals surface area contributed by atoms with Crippen molar-refractivity contribution in [2.45, 2.75) is 0 Å². The molecule has 0 unspecified atom stereocenters. The molecule has 0 N–H and O–H groups in total. The lowest BCUT2D eigenvalue weighted by molar-refractivity contribution is 1.18. The summed E-state index contributed by atoms with van der Waals surface area (Å²) < 4.78 is 2.42. The van der Waals surface area contributed by atoms with Crippen LogP contribution in [0.3, 0.4) is 0 Å². The molecule has 0 spiro atoms. The highest BCUT2D eigenvalue weighted by atomic mass is 15.1. The molecule has 13 aromatic rings. The number of para-hydroxylation sites is 3. The molecule has 0 atom stereocenters. The van der Waals surface area contributed by atoms with Gasteiger partial charge in [-0.05, 0) is 120 Å². The van der Waals surface area contributed by atoms with Gasteiger partial charge in [-0.1, -0.05) is 212 Å². The number of fused-ring (bicyclic) bond motifs is 7. The Kier molecular flexibility index (Phi) is 9.54. The smallest absolute Gasteiger partial charge is 0.0546 e. The van der Waals surface area contributed by atoms with E-state index < -0.39 is 0 Å². The normalized spacial score (nSPS) is 11.5. The first-order chi connectivity index (χ1) is 33.7. The lowest BCUT2D eigenvalue weighted by Gasteiger charge is -2.29. The van der Waals surface area contributed by atoms with Gasteiger partial charge >= 0.3 is 0 Å². The van der Waals surface area contributed by atoms with Crippen LogP contribution in [0.4, 0.5) is 17.1 Å². The van der Waals surface area contributed by atoms with Crippen molar-refractivity contribution in [2.75, 3.05) is 4.90 Å². The maximum atomic E-state index is 2.44. The summed E-state index contributed by atoms with van der Waals surface area (Å²) in [5.41, 5.74) is 16.2. The first-order valence-corrected chi connectivity index (χ1v) is 23.4. The van der Waals surface area contributed by atoms with E-state index in [0.717, 1.165) is 39.4 Å². The molecular formula is C66H44N2. The van der Waals surface area contributed by atoms with E-state index >= 15 is 0 Å². The van der Waals surface area contributed by atoms with Crippen molar-refractivity contribution in [1.82, 2.24) is 4.57 Å². The predicted molar refractivity (Wildman–Crippen MR) is 290 cm³/mol. The fraction of sp³-hybridized carbons (Fsp3) is 0. The Balaban J connectivity index is 0.975. The van der Waals surface area contributed by atoms with Crippen LogP contribution in [0.15, 0.2) is 267 Å². The highest BCUT2D eigenvalue weighted by molar-refractivity contribution is 6.10. The molecule has 1 aromatic heterocycles. The molecule has 0 aliphatic rings. The molecular weight excluding hydrogens is 821 g/mol. The molecule has 0 bridgehead atoms. The summed E-state index contributed by atoms with van der Waals surface area (Å²) in [4.78, 5) is 2.44. The molecule has 0 saturated carbocycles. The van der Waals surface area contributed by atoms with Crippen molar-refractivity contribution < 1.29 is 0 Å². The Morgan fingerprint density at radius 3 is 1.49 bits per heavy atom. The lowest BCUT2D eigenvalue weighted by atomic mass is 9.94. The molecule has 2 nitrogen and oxygen atoms in total. The number of anilines is 3. The van der Waals surface area contributed by atoms with Gasteiger partial charge in [-0.3, -0.25) is 0 Å². The van der Waals surface area contributed by atoms with Crippen LogP contribution < -0.4 is 4.90 Å². The summed E-state index contributed by atoms with van der Waals surface area (Å²) in [6, 6.07) is 97.6. The standard InChI is InChI=1S/C66H44N2/c1-2-15-47(16-3-1)60-42-36-52(57-25-14-19-46-17-4-6-20-55(46)57)44-66(60)67(53-37-31-45(32-38-53)50-35-41-58-51(43-50)30-29-48-18-5-7-21-56(48)58)54-39-33-49(34-40-54)59-22-8-11-26-63(59)68-64-27-12-9-23-61(64)62-24-10-13-28-65(62)68/h1-44H. The fourth-order valence-corrected chi connectivity index (χ4v) is 10.5. The first kappa shape index (κ1) is 39.4. The third-order valence-electron chi connectivity index (χ3n) is 13.8. The van der Waals surface area contributed by atoms with Crippen LogP contribution in [0.5, 0.6) is 0 Å². The average molecular weight is 865 g/mol. The molecule has 0 aliphatic heterocycles. The second-order valence-corrected chi connectivity index (χ2v) is 17.7. The van der Waals surface area contributed by atoms with Gasteiger partial charge in [0.1, 0.15) is 0 Å². The topological polar surface area (TPSA) is 8.17 Å². The average Bonchev–Trinajstić information content (AvgIpc) is 3.75. The van der Waals surface area contributed by atoms with Crippen LogP contribution in [-0.2, 0) is 0 Å². The third kappa shape index (κ3) is 6.73. The van der Waals surface area contributed by atoms with Crippen LogP contribution in [0.1, 0.15) is 0 Å². The molecule has 1 heterocycles. The van der Waals surface area contributed by atoms with E-state index in [2.05, 4.69) is 276 Å². The number of benzene rings is 12. The van der Waals surface area contributed by atoms with Crippen molar-refractivity contribution in [3.63, 3.8) is 0 Å². The van der Waals surface area contributed by atoms with E-state index in [4.69, 9.17) is 0 Å². The van der Waals surface area contributed by atoms with Gasteiger partial charge < -0.3 is 9.47 Å². The van der Waals surface area contributed by atoms with Gasteiger partial charge in [-0.2, -0.15) is 0 Å². The van der Waals surface area contributed by atoms with E-state index in [9.17, 15) is 0 Å². The van der Waals surface area contributed by atoms with E-state index in [-0.39, 0.29) is 0 Å². The summed E-state index contributed by atoms with van der Waals surface area (Å²) >= 11 is 0. The maximum Gasteiger partial charge on any atom is 0.0546 e. The van der Waals surface area contributed by atoms with E-state index in [0.29, 0.717) is 0 Å². The molecule has 0 aliphatic carbocycles. The maximum absolute atomic E-state index is 2.44. The minimum atomic E-state index is 1.07. The molecule has 0 fully saturated rings. The second kappa shape index (κ2) is 16.5. The third-order valence-corrected chi connectivity index (χ3v) is 13.8. The Labute approximate surface area is 395 Å². The minimum absolute atomic E-state index is 1.07. The van der Waals surface area contributed by atoms with Gasteiger partial charge in [-0.25, -0.2) is 0 Å². The summed E-state index contributed by atoms with van der Waals surface area (Å²) in [5, 5.41) is 10.0. The van der Waals surface area contributed by atoms with Crippen LogP contribution in [0.25, 0.3) is 104 Å². The fourth-order valence-electron chi connectivity index (χ4n) is 10.5. The number of nitrogens with zero attached hydrogens (tertiary/aromatic N) is 2. The van der Waals surface area contributed by atoms with Crippen LogP contribution in [0.2, 0.25) is 0 Å². The van der Waals surface area contributed by atoms with Gasteiger partial charge in [0, 0.05) is 33.3 Å². The number of hydrogen-bond donors (Lipinski definition) is 0. The van der Waals surface area contributed by atoms with Crippen molar-refractivity contribution in [1.29, 1.82) is 0 Å². The van der Waals surface area contributed by atoms with Crippen LogP contribution >= 0.6 is 0 Å². The Morgan fingerprint density at radius 1 is 0.250 bits per heavy atom. The van der Waals surface area contributed by atoms with E-state index in [1.165, 1.54) is 81.9 Å². The zero-order valence-corrected chi connectivity index (χ0v) is 37.3. The zero-order chi connectivity index (χ0) is 45.0. The highest BCUT2D eigenvalue weighted by Gasteiger charge is 2.21. The molecule has 12 aromatic carbocycles. The minimum Gasteiger partial charge on any atom is -0.310 e. The first-order valence-electron chi connectivity index (χ1n) is 23.4. The second-order valence-electron chi connectivity index (χ2n) is 17.7. The predicted octanol–water partition coefficient (Wildman–Crippen LogP) is 18.4. The molecule has 0 radical (unpaired) electrons. The Bertz CT molecular complexity index is 3950. The van der Waals surface area contributed by atoms with Crippen molar-refractivity contribution in [3.8, 4) is 50.2 Å². The van der Waals surface area contributed by atoms with Crippen LogP contribution in [0, 0.1) is 0 Å². The van der Waals surface area contributed by atoms with Crippen molar-refractivity contribution in [3.05, 3.63) is 267 Å². The molecule has 0 amide bonds. The van der Waals surface area contributed by atoms with Crippen molar-refractivity contribution in [2.24, 2.45) is 0 Å². The quantitative estimate of drug-likeness (QED) is 0.138. The van der Waals surface area contributed by atoms with Crippen molar-refractivity contribution >= 4 is 71.2 Å². The van der Waals surface area contributed by atoms with Crippen LogP contribution in [-0.4, -0.2) is 4.57 Å². The highest BCUT2D eigenvalue weighted by Crippen LogP contribution is 2.45. The van der Waals surface area contributed by atoms with Gasteiger partial charge in [0.05, 0.1) is 22.4 Å². The number of aromatic nitrogens is 1. The zero-order valence-electron chi connectivity index (χ0n) is 37.3. The summed E-state index contributed by atoms with van der Waals surface area (Å²) in [6.45, 7) is 0. The van der Waals surface area contributed by atoms with Gasteiger partial charge in [0.2, 0.25) is 0 Å². The largest absolute Gasteiger partial charge is 0.310 e. The SMILES string of the molecule is c1ccc(-c2ccc(-c3cccc4ccccc34)cc2N(c2ccc(-c3ccc4c(ccc5ccccc54)c3)cc2)c2ccc(-c3ccccc3-n3c4ccccc4c4ccccc43)cc2)cc1. The Morgan fingerprint density at radius 2 is 0.750 bits per heavy atom. The lowest BCUT2D eigenvalue weighted by Crippen LogP contribution is -2.11.